The maximum absolute atomic E-state index is 12.7. The van der Waals surface area contributed by atoms with Crippen LogP contribution in [0, 0.1) is 5.82 Å². The van der Waals surface area contributed by atoms with Crippen molar-refractivity contribution in [3.63, 3.8) is 0 Å². The number of halogens is 1. The standard InChI is InChI=1S/C11H15FN2O/c1-4-14(11(15)13(2)3)10-7-5-9(12)6-8-10/h5-8H,4H2,1-3H3. The Morgan fingerprint density at radius 1 is 1.27 bits per heavy atom. The molecular formula is C11H15FN2O. The fourth-order valence-electron chi connectivity index (χ4n) is 1.29. The van der Waals surface area contributed by atoms with E-state index in [-0.39, 0.29) is 11.8 Å². The average molecular weight is 210 g/mol. The molecule has 82 valence electrons. The van der Waals surface area contributed by atoms with Crippen LogP contribution in [0.25, 0.3) is 0 Å². The van der Waals surface area contributed by atoms with Crippen LogP contribution in [0.15, 0.2) is 24.3 Å². The topological polar surface area (TPSA) is 23.6 Å². The number of anilines is 1. The molecule has 0 aromatic heterocycles. The molecule has 0 saturated heterocycles. The predicted molar refractivity (Wildman–Crippen MR) is 58.5 cm³/mol. The molecular weight excluding hydrogens is 195 g/mol. The summed E-state index contributed by atoms with van der Waals surface area (Å²) in [6.45, 7) is 2.44. The molecule has 0 radical (unpaired) electrons. The van der Waals surface area contributed by atoms with Crippen LogP contribution in [0.1, 0.15) is 6.92 Å². The van der Waals surface area contributed by atoms with Crippen molar-refractivity contribution in [2.75, 3.05) is 25.5 Å². The zero-order valence-corrected chi connectivity index (χ0v) is 9.20. The number of benzene rings is 1. The highest BCUT2D eigenvalue weighted by Crippen LogP contribution is 2.15. The molecule has 0 aliphatic heterocycles. The second-order valence-corrected chi connectivity index (χ2v) is 3.40. The van der Waals surface area contributed by atoms with Gasteiger partial charge in [-0.2, -0.15) is 0 Å². The normalized spacial score (nSPS) is 9.87. The van der Waals surface area contributed by atoms with Crippen molar-refractivity contribution >= 4 is 11.7 Å². The highest BCUT2D eigenvalue weighted by molar-refractivity contribution is 5.91. The Balaban J connectivity index is 2.92. The summed E-state index contributed by atoms with van der Waals surface area (Å²) in [5.74, 6) is -0.299. The van der Waals surface area contributed by atoms with Crippen molar-refractivity contribution in [2.24, 2.45) is 0 Å². The summed E-state index contributed by atoms with van der Waals surface area (Å²) in [5.41, 5.74) is 0.706. The van der Waals surface area contributed by atoms with Gasteiger partial charge in [-0.3, -0.25) is 4.90 Å². The first-order valence-electron chi connectivity index (χ1n) is 4.80. The van der Waals surface area contributed by atoms with E-state index in [4.69, 9.17) is 0 Å². The van der Waals surface area contributed by atoms with Gasteiger partial charge in [0.15, 0.2) is 0 Å². The second-order valence-electron chi connectivity index (χ2n) is 3.40. The van der Waals surface area contributed by atoms with E-state index in [2.05, 4.69) is 0 Å². The zero-order chi connectivity index (χ0) is 11.4. The zero-order valence-electron chi connectivity index (χ0n) is 9.20. The molecule has 0 saturated carbocycles. The molecule has 0 unspecified atom stereocenters. The minimum atomic E-state index is -0.299. The van der Waals surface area contributed by atoms with Crippen molar-refractivity contribution in [3.05, 3.63) is 30.1 Å². The number of nitrogens with zero attached hydrogens (tertiary/aromatic N) is 2. The van der Waals surface area contributed by atoms with Crippen molar-refractivity contribution in [1.29, 1.82) is 0 Å². The monoisotopic (exact) mass is 210 g/mol. The van der Waals surface area contributed by atoms with Gasteiger partial charge >= 0.3 is 6.03 Å². The van der Waals surface area contributed by atoms with Gasteiger partial charge in [-0.25, -0.2) is 9.18 Å². The number of carbonyl (C=O) groups is 1. The quantitative estimate of drug-likeness (QED) is 0.735. The molecule has 0 aliphatic rings. The Bertz CT molecular complexity index is 335. The molecule has 0 spiro atoms. The van der Waals surface area contributed by atoms with Crippen molar-refractivity contribution in [2.45, 2.75) is 6.92 Å². The molecule has 0 bridgehead atoms. The third kappa shape index (κ3) is 2.68. The Morgan fingerprint density at radius 2 is 1.80 bits per heavy atom. The van der Waals surface area contributed by atoms with Gasteiger partial charge in [0.2, 0.25) is 0 Å². The first-order valence-corrected chi connectivity index (χ1v) is 4.80. The average Bonchev–Trinajstić information content (AvgIpc) is 2.21. The Morgan fingerprint density at radius 3 is 2.20 bits per heavy atom. The number of amides is 2. The molecule has 1 rings (SSSR count). The number of hydrogen-bond donors (Lipinski definition) is 0. The summed E-state index contributed by atoms with van der Waals surface area (Å²) in [7, 11) is 3.38. The first-order chi connectivity index (χ1) is 7.06. The molecule has 0 N–H and O–H groups in total. The molecule has 0 fully saturated rings. The second kappa shape index (κ2) is 4.77. The van der Waals surface area contributed by atoms with Crippen LogP contribution in [0.2, 0.25) is 0 Å². The fraction of sp³-hybridized carbons (Fsp3) is 0.364. The summed E-state index contributed by atoms with van der Waals surface area (Å²) in [4.78, 5) is 14.8. The molecule has 0 heterocycles. The molecule has 2 amide bonds. The van der Waals surface area contributed by atoms with Crippen LogP contribution < -0.4 is 4.90 Å². The number of urea groups is 1. The molecule has 0 aliphatic carbocycles. The molecule has 0 atom stereocenters. The van der Waals surface area contributed by atoms with Gasteiger partial charge in [0, 0.05) is 26.3 Å². The van der Waals surface area contributed by atoms with E-state index >= 15 is 0 Å². The van der Waals surface area contributed by atoms with E-state index in [9.17, 15) is 9.18 Å². The molecule has 4 heteroatoms. The van der Waals surface area contributed by atoms with Crippen LogP contribution in [0.4, 0.5) is 14.9 Å². The third-order valence-corrected chi connectivity index (χ3v) is 2.07. The maximum atomic E-state index is 12.7. The van der Waals surface area contributed by atoms with Gasteiger partial charge in [0.25, 0.3) is 0 Å². The van der Waals surface area contributed by atoms with Crippen LogP contribution in [-0.2, 0) is 0 Å². The summed E-state index contributed by atoms with van der Waals surface area (Å²) < 4.78 is 12.7. The van der Waals surface area contributed by atoms with Gasteiger partial charge < -0.3 is 4.90 Å². The van der Waals surface area contributed by atoms with Gasteiger partial charge in [-0.15, -0.1) is 0 Å². The molecule has 3 nitrogen and oxygen atoms in total. The van der Waals surface area contributed by atoms with Crippen LogP contribution in [0.5, 0.6) is 0 Å². The number of carbonyl (C=O) groups excluding carboxylic acids is 1. The molecule has 15 heavy (non-hydrogen) atoms. The number of hydrogen-bond acceptors (Lipinski definition) is 1. The van der Waals surface area contributed by atoms with E-state index in [0.29, 0.717) is 12.2 Å². The Labute approximate surface area is 89.1 Å². The van der Waals surface area contributed by atoms with Crippen molar-refractivity contribution in [3.8, 4) is 0 Å². The predicted octanol–water partition coefficient (Wildman–Crippen LogP) is 2.33. The third-order valence-electron chi connectivity index (χ3n) is 2.07. The summed E-state index contributed by atoms with van der Waals surface area (Å²) >= 11 is 0. The highest BCUT2D eigenvalue weighted by atomic mass is 19.1. The fourth-order valence-corrected chi connectivity index (χ4v) is 1.29. The minimum Gasteiger partial charge on any atom is -0.330 e. The van der Waals surface area contributed by atoms with Crippen molar-refractivity contribution < 1.29 is 9.18 Å². The van der Waals surface area contributed by atoms with Crippen LogP contribution >= 0.6 is 0 Å². The molecule has 1 aromatic carbocycles. The van der Waals surface area contributed by atoms with E-state index < -0.39 is 0 Å². The Kier molecular flexibility index (Phi) is 3.66. The molecule has 1 aromatic rings. The smallest absolute Gasteiger partial charge is 0.323 e. The first kappa shape index (κ1) is 11.5. The van der Waals surface area contributed by atoms with E-state index in [1.165, 1.54) is 17.0 Å². The Hall–Kier alpha value is -1.58. The lowest BCUT2D eigenvalue weighted by molar-refractivity contribution is 0.224. The lowest BCUT2D eigenvalue weighted by Crippen LogP contribution is -2.39. The van der Waals surface area contributed by atoms with Gasteiger partial charge in [-0.05, 0) is 31.2 Å². The highest BCUT2D eigenvalue weighted by Gasteiger charge is 2.14. The summed E-state index contributed by atoms with van der Waals surface area (Å²) in [6, 6.07) is 5.78. The van der Waals surface area contributed by atoms with Crippen LogP contribution in [0.3, 0.4) is 0 Å². The van der Waals surface area contributed by atoms with E-state index in [0.717, 1.165) is 0 Å². The minimum absolute atomic E-state index is 0.107. The lowest BCUT2D eigenvalue weighted by Gasteiger charge is -2.24. The van der Waals surface area contributed by atoms with E-state index in [1.54, 1.807) is 31.1 Å². The van der Waals surface area contributed by atoms with Gasteiger partial charge in [-0.1, -0.05) is 0 Å². The van der Waals surface area contributed by atoms with Crippen LogP contribution in [-0.4, -0.2) is 31.6 Å². The van der Waals surface area contributed by atoms with Gasteiger partial charge in [0.1, 0.15) is 5.82 Å². The largest absolute Gasteiger partial charge is 0.330 e. The summed E-state index contributed by atoms with van der Waals surface area (Å²) in [5, 5.41) is 0. The number of rotatable bonds is 2. The SMILES string of the molecule is CCN(C(=O)N(C)C)c1ccc(F)cc1. The van der Waals surface area contributed by atoms with Gasteiger partial charge in [0.05, 0.1) is 0 Å². The van der Waals surface area contributed by atoms with E-state index in [1.807, 2.05) is 6.92 Å². The maximum Gasteiger partial charge on any atom is 0.323 e. The lowest BCUT2D eigenvalue weighted by atomic mass is 10.3. The van der Waals surface area contributed by atoms with Crippen molar-refractivity contribution in [1.82, 2.24) is 4.90 Å². The summed E-state index contributed by atoms with van der Waals surface area (Å²) in [6.07, 6.45) is 0.